The summed E-state index contributed by atoms with van der Waals surface area (Å²) in [5.74, 6) is 0.284. The molecule has 0 saturated heterocycles. The minimum atomic E-state index is -0.355. The number of H-pyrrole nitrogens is 1. The van der Waals surface area contributed by atoms with Crippen molar-refractivity contribution >= 4 is 23.2 Å². The summed E-state index contributed by atoms with van der Waals surface area (Å²) in [4.78, 5) is 24.9. The van der Waals surface area contributed by atoms with Crippen molar-refractivity contribution in [2.75, 3.05) is 18.1 Å². The molecule has 20 heavy (non-hydrogen) atoms. The molecule has 1 aliphatic rings. The number of ether oxygens (including phenoxy) is 1. The van der Waals surface area contributed by atoms with Gasteiger partial charge >= 0.3 is 0 Å². The van der Waals surface area contributed by atoms with Crippen molar-refractivity contribution in [1.82, 2.24) is 10.2 Å². The Morgan fingerprint density at radius 3 is 2.95 bits per heavy atom. The van der Waals surface area contributed by atoms with Gasteiger partial charge in [0.25, 0.3) is 11.5 Å². The molecule has 0 unspecified atom stereocenters. The van der Waals surface area contributed by atoms with Gasteiger partial charge < -0.3 is 9.64 Å². The summed E-state index contributed by atoms with van der Waals surface area (Å²) in [6.45, 7) is 0.788. The van der Waals surface area contributed by atoms with E-state index in [1.165, 1.54) is 17.0 Å². The van der Waals surface area contributed by atoms with Gasteiger partial charge in [-0.3, -0.25) is 9.59 Å². The molecule has 1 amide bonds. The molecule has 0 bridgehead atoms. The molecule has 6 nitrogen and oxygen atoms in total. The lowest BCUT2D eigenvalue weighted by atomic mass is 10.2. The predicted octanol–water partition coefficient (Wildman–Crippen LogP) is 1.46. The van der Waals surface area contributed by atoms with Crippen LogP contribution in [0.5, 0.6) is 5.75 Å². The maximum absolute atomic E-state index is 12.4. The van der Waals surface area contributed by atoms with Crippen LogP contribution >= 0.6 is 11.6 Å². The van der Waals surface area contributed by atoms with Crippen molar-refractivity contribution in [3.05, 3.63) is 51.4 Å². The number of nitrogens with one attached hydrogen (secondary N) is 1. The minimum absolute atomic E-state index is 0.164. The van der Waals surface area contributed by atoms with Gasteiger partial charge in [-0.1, -0.05) is 11.6 Å². The molecular formula is C13H10ClN3O3. The summed E-state index contributed by atoms with van der Waals surface area (Å²) in [6, 6.07) is 7.74. The summed E-state index contributed by atoms with van der Waals surface area (Å²) < 4.78 is 5.48. The van der Waals surface area contributed by atoms with Crippen LogP contribution in [0.2, 0.25) is 5.02 Å². The maximum atomic E-state index is 12.4. The molecular weight excluding hydrogens is 282 g/mol. The van der Waals surface area contributed by atoms with Crippen molar-refractivity contribution in [3.8, 4) is 5.75 Å². The van der Waals surface area contributed by atoms with Gasteiger partial charge in [-0.25, -0.2) is 5.10 Å². The predicted molar refractivity (Wildman–Crippen MR) is 73.5 cm³/mol. The molecule has 1 aromatic carbocycles. The number of amides is 1. The first-order chi connectivity index (χ1) is 9.65. The van der Waals surface area contributed by atoms with Gasteiger partial charge in [-0.05, 0) is 24.3 Å². The van der Waals surface area contributed by atoms with Gasteiger partial charge in [0.15, 0.2) is 0 Å². The van der Waals surface area contributed by atoms with E-state index < -0.39 is 0 Å². The molecule has 0 atom stereocenters. The van der Waals surface area contributed by atoms with Gasteiger partial charge in [0.05, 0.1) is 12.2 Å². The zero-order valence-corrected chi connectivity index (χ0v) is 11.1. The highest BCUT2D eigenvalue weighted by molar-refractivity contribution is 6.31. The van der Waals surface area contributed by atoms with E-state index in [1.807, 2.05) is 0 Å². The van der Waals surface area contributed by atoms with Crippen LogP contribution in [0.15, 0.2) is 35.1 Å². The van der Waals surface area contributed by atoms with Crippen molar-refractivity contribution in [2.45, 2.75) is 0 Å². The first-order valence-corrected chi connectivity index (χ1v) is 6.33. The van der Waals surface area contributed by atoms with Crippen LogP contribution in [-0.4, -0.2) is 29.3 Å². The first kappa shape index (κ1) is 12.7. The van der Waals surface area contributed by atoms with Crippen LogP contribution in [0.1, 0.15) is 10.5 Å². The van der Waals surface area contributed by atoms with Crippen LogP contribution in [0.3, 0.4) is 0 Å². The molecule has 0 fully saturated rings. The molecule has 0 aliphatic carbocycles. The van der Waals surface area contributed by atoms with Crippen LogP contribution < -0.4 is 15.2 Å². The van der Waals surface area contributed by atoms with Gasteiger partial charge in [0.2, 0.25) is 0 Å². The molecule has 2 heterocycles. The van der Waals surface area contributed by atoms with E-state index >= 15 is 0 Å². The lowest BCUT2D eigenvalue weighted by Gasteiger charge is -2.29. The summed E-state index contributed by atoms with van der Waals surface area (Å²) >= 11 is 5.96. The summed E-state index contributed by atoms with van der Waals surface area (Å²) in [7, 11) is 0. The lowest BCUT2D eigenvalue weighted by Crippen LogP contribution is -2.38. The van der Waals surface area contributed by atoms with E-state index in [0.29, 0.717) is 29.6 Å². The highest BCUT2D eigenvalue weighted by Crippen LogP contribution is 2.34. The number of carbonyl (C=O) groups is 1. The van der Waals surface area contributed by atoms with Gasteiger partial charge in [-0.2, -0.15) is 5.10 Å². The molecule has 1 aromatic heterocycles. The molecule has 0 spiro atoms. The first-order valence-electron chi connectivity index (χ1n) is 5.95. The lowest BCUT2D eigenvalue weighted by molar-refractivity contribution is 0.0970. The number of hydrogen-bond acceptors (Lipinski definition) is 4. The zero-order chi connectivity index (χ0) is 14.1. The van der Waals surface area contributed by atoms with Crippen LogP contribution in [0.4, 0.5) is 5.69 Å². The van der Waals surface area contributed by atoms with E-state index in [9.17, 15) is 9.59 Å². The monoisotopic (exact) mass is 291 g/mol. The molecule has 102 valence electrons. The van der Waals surface area contributed by atoms with Crippen molar-refractivity contribution < 1.29 is 9.53 Å². The van der Waals surface area contributed by atoms with E-state index in [2.05, 4.69) is 10.2 Å². The highest BCUT2D eigenvalue weighted by Gasteiger charge is 2.25. The summed E-state index contributed by atoms with van der Waals surface area (Å²) in [6.07, 6.45) is 0. The fourth-order valence-corrected chi connectivity index (χ4v) is 2.17. The van der Waals surface area contributed by atoms with Crippen LogP contribution in [-0.2, 0) is 0 Å². The van der Waals surface area contributed by atoms with Crippen molar-refractivity contribution in [1.29, 1.82) is 0 Å². The number of rotatable bonds is 1. The molecule has 2 aromatic rings. The smallest absolute Gasteiger partial charge is 0.278 e. The van der Waals surface area contributed by atoms with Crippen LogP contribution in [0, 0.1) is 0 Å². The Kier molecular flexibility index (Phi) is 3.15. The molecule has 1 N–H and O–H groups in total. The topological polar surface area (TPSA) is 75.3 Å². The number of anilines is 1. The second kappa shape index (κ2) is 4.97. The third-order valence-electron chi connectivity index (χ3n) is 2.93. The number of hydrogen-bond donors (Lipinski definition) is 1. The standard InChI is InChI=1S/C13H10ClN3O3/c14-8-1-3-11-10(7-8)17(5-6-20-11)13(19)9-2-4-12(18)16-15-9/h1-4,7H,5-6H2,(H,16,18). The van der Waals surface area contributed by atoms with Gasteiger partial charge in [0, 0.05) is 11.1 Å². The van der Waals surface area contributed by atoms with E-state index in [1.54, 1.807) is 18.2 Å². The molecule has 1 aliphatic heterocycles. The van der Waals surface area contributed by atoms with Gasteiger partial charge in [-0.15, -0.1) is 0 Å². The SMILES string of the molecule is O=C(c1ccc(=O)[nH]n1)N1CCOc2ccc(Cl)cc21. The van der Waals surface area contributed by atoms with Gasteiger partial charge in [0.1, 0.15) is 18.1 Å². The highest BCUT2D eigenvalue weighted by atomic mass is 35.5. The molecule has 0 saturated carbocycles. The second-order valence-electron chi connectivity index (χ2n) is 4.22. The third kappa shape index (κ3) is 2.25. The van der Waals surface area contributed by atoms with Crippen molar-refractivity contribution in [3.63, 3.8) is 0 Å². The fraction of sp³-hybridized carbons (Fsp3) is 0.154. The van der Waals surface area contributed by atoms with E-state index in [-0.39, 0.29) is 17.2 Å². The Bertz CT molecular complexity index is 709. The third-order valence-corrected chi connectivity index (χ3v) is 3.16. The number of carbonyl (C=O) groups excluding carboxylic acids is 1. The maximum Gasteiger partial charge on any atom is 0.278 e. The fourth-order valence-electron chi connectivity index (χ4n) is 2.00. The minimum Gasteiger partial charge on any atom is -0.490 e. The summed E-state index contributed by atoms with van der Waals surface area (Å²) in [5, 5.41) is 6.51. The average molecular weight is 292 g/mol. The number of halogens is 1. The Balaban J connectivity index is 1.99. The Morgan fingerprint density at radius 2 is 2.20 bits per heavy atom. The summed E-state index contributed by atoms with van der Waals surface area (Å²) in [5.41, 5.74) is 0.408. The normalized spacial score (nSPS) is 13.6. The number of nitrogens with zero attached hydrogens (tertiary/aromatic N) is 2. The quantitative estimate of drug-likeness (QED) is 0.863. The second-order valence-corrected chi connectivity index (χ2v) is 4.66. The zero-order valence-electron chi connectivity index (χ0n) is 10.3. The van der Waals surface area contributed by atoms with Crippen molar-refractivity contribution in [2.24, 2.45) is 0 Å². The molecule has 3 rings (SSSR count). The molecule has 0 radical (unpaired) electrons. The number of benzene rings is 1. The number of aromatic amines is 1. The Morgan fingerprint density at radius 1 is 1.35 bits per heavy atom. The Labute approximate surface area is 118 Å². The largest absolute Gasteiger partial charge is 0.490 e. The van der Waals surface area contributed by atoms with E-state index in [4.69, 9.17) is 16.3 Å². The Hall–Kier alpha value is -2.34. The average Bonchev–Trinajstić information content (AvgIpc) is 2.46. The van der Waals surface area contributed by atoms with E-state index in [0.717, 1.165) is 0 Å². The molecule has 7 heteroatoms. The number of fused-ring (bicyclic) bond motifs is 1. The van der Waals surface area contributed by atoms with Crippen LogP contribution in [0.25, 0.3) is 0 Å². The number of aromatic nitrogens is 2.